The Bertz CT molecular complexity index is 7710. The lowest BCUT2D eigenvalue weighted by atomic mass is 9.97. The SMILES string of the molecule is CCC(=O)CNc1ccc(CC(=O)c2ccc(C)c(C#Cc3cnc4ccccn34)c2)cc1C(F)(F)F.Cc1ccc(C(=O)Cc2cc(-n3ccnc3)cc(C(F)(F)F)c2)cc1C#Cc1cnc2c(N)cccn12.Cc1cnc(NC(=O)c2ccc(C)c(C#Cc3cnc4c(NC(N)=O)cccn34)c2)s1.O=C(Cc1cccc(C(F)(F)F)c1)c1cncc(C#Cc2cnc3cccnn23)c1. The molecule has 0 unspecified atom stereocenters. The van der Waals surface area contributed by atoms with E-state index in [9.17, 15) is 68.3 Å². The van der Waals surface area contributed by atoms with E-state index in [1.807, 2.05) is 68.8 Å². The van der Waals surface area contributed by atoms with Crippen LogP contribution in [0, 0.1) is 75.1 Å². The van der Waals surface area contributed by atoms with Gasteiger partial charge in [-0.1, -0.05) is 91.3 Å². The monoisotopic (exact) mass is 1840 g/mol. The number of urea groups is 1. The van der Waals surface area contributed by atoms with Gasteiger partial charge in [0.25, 0.3) is 5.91 Å². The molecule has 0 aliphatic carbocycles. The number of rotatable bonds is 17. The number of thiazole rings is 1. The normalized spacial score (nSPS) is 11.0. The molecule has 11 heterocycles. The number of aromatic nitrogens is 13. The smallest absolute Gasteiger partial charge is 0.396 e. The first kappa shape index (κ1) is 93.8. The Balaban J connectivity index is 0.000000145. The first-order valence-electron chi connectivity index (χ1n) is 41.1. The summed E-state index contributed by atoms with van der Waals surface area (Å²) in [5, 5.41) is 12.6. The molecule has 0 radical (unpaired) electrons. The van der Waals surface area contributed by atoms with Gasteiger partial charge >= 0.3 is 24.6 Å². The largest absolute Gasteiger partial charge is 0.418 e. The molecule has 17 rings (SSSR count). The Hall–Kier alpha value is -17.4. The van der Waals surface area contributed by atoms with Crippen LogP contribution in [0.2, 0.25) is 0 Å². The summed E-state index contributed by atoms with van der Waals surface area (Å²) in [6.45, 7) is 9.05. The van der Waals surface area contributed by atoms with E-state index < -0.39 is 41.3 Å². The molecule has 0 saturated carbocycles. The molecule has 674 valence electrons. The summed E-state index contributed by atoms with van der Waals surface area (Å²) in [6.07, 6.45) is 8.60. The third kappa shape index (κ3) is 23.8. The second kappa shape index (κ2) is 41.2. The highest BCUT2D eigenvalue weighted by atomic mass is 32.1. The maximum Gasteiger partial charge on any atom is 0.418 e. The second-order valence-electron chi connectivity index (χ2n) is 30.3. The van der Waals surface area contributed by atoms with Gasteiger partial charge in [-0.3, -0.25) is 47.5 Å². The molecule has 17 aromatic rings. The Morgan fingerprint density at radius 2 is 1.02 bits per heavy atom. The number of nitrogens with zero attached hydrogens (tertiary/aromatic N) is 13. The number of nitrogens with two attached hydrogens (primary N) is 2. The van der Waals surface area contributed by atoms with Gasteiger partial charge in [-0.15, -0.1) is 11.3 Å². The summed E-state index contributed by atoms with van der Waals surface area (Å²) in [5.41, 5.74) is 22.3. The zero-order valence-corrected chi connectivity index (χ0v) is 72.9. The van der Waals surface area contributed by atoms with Crippen molar-refractivity contribution in [3.8, 4) is 53.1 Å². The number of primary amides is 1. The molecule has 0 aliphatic heterocycles. The number of pyridine rings is 4. The van der Waals surface area contributed by atoms with E-state index in [0.717, 1.165) is 63.1 Å². The van der Waals surface area contributed by atoms with Gasteiger partial charge in [0.1, 0.15) is 28.4 Å². The molecule has 0 aliphatic rings. The molecule has 24 nitrogen and oxygen atoms in total. The van der Waals surface area contributed by atoms with Crippen LogP contribution >= 0.6 is 11.3 Å². The number of carbonyl (C=O) groups is 6. The van der Waals surface area contributed by atoms with Crippen molar-refractivity contribution in [2.45, 2.75) is 78.8 Å². The lowest BCUT2D eigenvalue weighted by Crippen LogP contribution is -2.19. The third-order valence-corrected chi connectivity index (χ3v) is 21.4. The van der Waals surface area contributed by atoms with Crippen LogP contribution < -0.4 is 27.4 Å². The Morgan fingerprint density at radius 3 is 1.66 bits per heavy atom. The van der Waals surface area contributed by atoms with Crippen LogP contribution in [0.15, 0.2) is 263 Å². The minimum absolute atomic E-state index is 0.167. The number of Topliss-reactive ketones (excluding diaryl/α,β-unsaturated/α-hetero) is 4. The molecule has 0 bridgehead atoms. The van der Waals surface area contributed by atoms with Crippen molar-refractivity contribution in [3.05, 3.63) is 385 Å². The predicted molar refractivity (Wildman–Crippen MR) is 492 cm³/mol. The van der Waals surface area contributed by atoms with Gasteiger partial charge in [0, 0.05) is 142 Å². The van der Waals surface area contributed by atoms with E-state index in [4.69, 9.17) is 11.5 Å². The fourth-order valence-corrected chi connectivity index (χ4v) is 14.2. The fourth-order valence-electron chi connectivity index (χ4n) is 13.6. The van der Waals surface area contributed by atoms with Gasteiger partial charge in [-0.2, -0.15) is 44.6 Å². The molecule has 3 amide bonds. The zero-order chi connectivity index (χ0) is 95.8. The lowest BCUT2D eigenvalue weighted by Gasteiger charge is -2.16. The number of ketones is 4. The van der Waals surface area contributed by atoms with E-state index in [1.54, 1.807) is 167 Å². The number of hydrogen-bond donors (Lipinski definition) is 5. The number of alkyl halides is 9. The van der Waals surface area contributed by atoms with Crippen molar-refractivity contribution < 1.29 is 68.3 Å². The van der Waals surface area contributed by atoms with Crippen molar-refractivity contribution in [2.75, 3.05) is 28.2 Å². The number of nitrogens with one attached hydrogen (secondary N) is 3. The maximum atomic E-state index is 13.7. The molecule has 11 aromatic heterocycles. The average molecular weight is 1840 g/mol. The van der Waals surface area contributed by atoms with E-state index in [-0.39, 0.29) is 94.9 Å². The lowest BCUT2D eigenvalue weighted by molar-refractivity contribution is -0.138. The van der Waals surface area contributed by atoms with Crippen molar-refractivity contribution in [2.24, 2.45) is 5.73 Å². The predicted octanol–water partition coefficient (Wildman–Crippen LogP) is 18.7. The van der Waals surface area contributed by atoms with Crippen molar-refractivity contribution in [3.63, 3.8) is 0 Å². The number of carbonyl (C=O) groups excluding carboxylic acids is 6. The summed E-state index contributed by atoms with van der Waals surface area (Å²) in [6, 6.07) is 44.6. The molecule has 0 atom stereocenters. The number of hydrogen-bond acceptors (Lipinski definition) is 17. The number of benzene rings is 6. The van der Waals surface area contributed by atoms with Crippen LogP contribution in [0.4, 0.5) is 66.5 Å². The summed E-state index contributed by atoms with van der Waals surface area (Å²) >= 11 is 1.42. The van der Waals surface area contributed by atoms with Crippen LogP contribution in [0.5, 0.6) is 0 Å². The molecule has 135 heavy (non-hydrogen) atoms. The topological polar surface area (TPSA) is 316 Å². The Morgan fingerprint density at radius 1 is 0.444 bits per heavy atom. The average Bonchev–Trinajstić information content (AvgIpc) is 1.63. The van der Waals surface area contributed by atoms with Crippen LogP contribution in [0.1, 0.15) is 155 Å². The number of anilines is 4. The van der Waals surface area contributed by atoms with Crippen LogP contribution in [0.3, 0.4) is 0 Å². The summed E-state index contributed by atoms with van der Waals surface area (Å²) in [7, 11) is 0. The number of imidazole rings is 5. The van der Waals surface area contributed by atoms with E-state index in [0.29, 0.717) is 89.6 Å². The van der Waals surface area contributed by atoms with Crippen molar-refractivity contribution >= 4 is 91.2 Å². The number of aryl methyl sites for hydroxylation is 4. The molecule has 0 saturated heterocycles. The number of fused-ring (bicyclic) bond motifs is 4. The van der Waals surface area contributed by atoms with Gasteiger partial charge in [0.2, 0.25) is 0 Å². The van der Waals surface area contributed by atoms with E-state index in [1.165, 1.54) is 65.1 Å². The molecule has 6 aromatic carbocycles. The Kier molecular flexibility index (Phi) is 28.6. The van der Waals surface area contributed by atoms with Crippen molar-refractivity contribution in [1.29, 1.82) is 0 Å². The van der Waals surface area contributed by atoms with Gasteiger partial charge in [0.15, 0.2) is 45.2 Å². The molecule has 7 N–H and O–H groups in total. The second-order valence-corrected chi connectivity index (χ2v) is 31.6. The number of nitrogen functional groups attached to an aromatic ring is 1. The third-order valence-electron chi connectivity index (χ3n) is 20.6. The highest BCUT2D eigenvalue weighted by molar-refractivity contribution is 7.15. The quantitative estimate of drug-likeness (QED) is 0.0321. The summed E-state index contributed by atoms with van der Waals surface area (Å²) < 4.78 is 129. The molecule has 0 fully saturated rings. The van der Waals surface area contributed by atoms with Gasteiger partial charge in [0.05, 0.1) is 65.7 Å². The standard InChI is InChI=1S/C29H24F3N3O2.C28H20F3N5O.C22H13F3N4O.C22H18N6O2S/c1-3-24(36)18-33-26-12-8-20(14-25(26)29(30,31)32)15-27(37)22-9-7-19(2)21(16-22)10-11-23-17-34-28-6-4-5-13-35(23)28;1-18-4-5-21(14-20(18)6-7-23-16-34-27-25(32)3-2-9-36(23)27)26(37)13-19-11-22(28(29,30)31)15-24(12-19)35-10-8-33-17-35;23-22(24,25)18-4-1-3-15(10-18)11-20(30)17-9-16(12-26-13-17)6-7-19-14-27-21-5-2-8-28-29(19)21;1-13-5-6-16(20(29)27-22-25-11-14(2)31-22)10-15(13)7-8-17-12-24-19-18(26-21(23)30)4-3-9-28(17)19/h4-9,12-14,16-17,33H,3,15,18H2,1-2H3;2-5,8-12,14-17H,13,32H2,1H3;1-5,8-10,12-14H,11H2;3-6,9-12H,1-2H3,(H3,23,26,30)(H,25,27,29). The Labute approximate surface area is 768 Å². The zero-order valence-electron chi connectivity index (χ0n) is 72.1. The van der Waals surface area contributed by atoms with E-state index in [2.05, 4.69) is 103 Å². The first-order chi connectivity index (χ1) is 64.6. The highest BCUT2D eigenvalue weighted by Gasteiger charge is 2.35. The van der Waals surface area contributed by atoms with Gasteiger partial charge in [-0.25, -0.2) is 39.2 Å². The summed E-state index contributed by atoms with van der Waals surface area (Å²) in [5.74, 6) is 22.9. The van der Waals surface area contributed by atoms with Crippen LogP contribution in [-0.4, -0.2) is 104 Å². The molecule has 34 heteroatoms. The maximum absolute atomic E-state index is 13.7. The first-order valence-corrected chi connectivity index (χ1v) is 41.9. The molecular formula is C101H75F9N18O6S. The van der Waals surface area contributed by atoms with E-state index >= 15 is 0 Å². The molecular weight excluding hydrogens is 1760 g/mol. The minimum atomic E-state index is -4.64. The summed E-state index contributed by atoms with van der Waals surface area (Å²) in [4.78, 5) is 104. The minimum Gasteiger partial charge on any atom is -0.396 e. The van der Waals surface area contributed by atoms with Crippen molar-refractivity contribution in [1.82, 2.24) is 62.3 Å². The highest BCUT2D eigenvalue weighted by Crippen LogP contribution is 2.37. The van der Waals surface area contributed by atoms with Crippen LogP contribution in [-0.2, 0) is 42.6 Å². The fraction of sp³-hybridized carbons (Fsp3) is 0.129. The van der Waals surface area contributed by atoms with Gasteiger partial charge < -0.3 is 26.7 Å². The van der Waals surface area contributed by atoms with Gasteiger partial charge in [-0.05, 0) is 200 Å². The number of halogens is 9. The van der Waals surface area contributed by atoms with Crippen LogP contribution in [0.25, 0.3) is 28.3 Å². The number of amides is 3. The molecule has 0 spiro atoms.